The van der Waals surface area contributed by atoms with Gasteiger partial charge in [-0.3, -0.25) is 0 Å². The highest BCUT2D eigenvalue weighted by molar-refractivity contribution is 5.35. The second kappa shape index (κ2) is 10.5. The van der Waals surface area contributed by atoms with Crippen molar-refractivity contribution in [2.24, 2.45) is 29.6 Å². The molecule has 5 atom stereocenters. The lowest BCUT2D eigenvalue weighted by molar-refractivity contribution is 0.252. The zero-order valence-corrected chi connectivity index (χ0v) is 18.8. The van der Waals surface area contributed by atoms with Crippen molar-refractivity contribution in [1.29, 1.82) is 0 Å². The van der Waals surface area contributed by atoms with Crippen molar-refractivity contribution in [3.8, 4) is 0 Å². The van der Waals surface area contributed by atoms with Crippen LogP contribution in [-0.4, -0.2) is 0 Å². The predicted molar refractivity (Wildman–Crippen MR) is 124 cm³/mol. The second-order valence-corrected chi connectivity index (χ2v) is 9.92. The third-order valence-electron chi connectivity index (χ3n) is 7.43. The monoisotopic (exact) mass is 378 g/mol. The van der Waals surface area contributed by atoms with Gasteiger partial charge in [-0.15, -0.1) is 0 Å². The zero-order valence-electron chi connectivity index (χ0n) is 18.8. The molecule has 3 aliphatic carbocycles. The number of allylic oxidation sites excluding steroid dienone is 10. The van der Waals surface area contributed by atoms with E-state index in [4.69, 9.17) is 0 Å². The lowest BCUT2D eigenvalue weighted by Crippen LogP contribution is -2.16. The van der Waals surface area contributed by atoms with E-state index in [-0.39, 0.29) is 0 Å². The van der Waals surface area contributed by atoms with Crippen LogP contribution in [0.15, 0.2) is 59.3 Å². The van der Waals surface area contributed by atoms with E-state index in [0.717, 1.165) is 29.6 Å². The Morgan fingerprint density at radius 2 is 2.04 bits per heavy atom. The maximum absolute atomic E-state index is 2.52. The minimum Gasteiger partial charge on any atom is -0.0839 e. The molecule has 1 fully saturated rings. The molecule has 4 unspecified atom stereocenters. The van der Waals surface area contributed by atoms with Crippen LogP contribution in [0, 0.1) is 29.6 Å². The molecule has 3 rings (SSSR count). The maximum Gasteiger partial charge on any atom is -0.0224 e. The number of hydrogen-bond acceptors (Lipinski definition) is 0. The van der Waals surface area contributed by atoms with Gasteiger partial charge in [-0.2, -0.15) is 0 Å². The highest BCUT2D eigenvalue weighted by Gasteiger charge is 2.35. The highest BCUT2D eigenvalue weighted by Crippen LogP contribution is 2.45. The predicted octanol–water partition coefficient (Wildman–Crippen LogP) is 8.59. The van der Waals surface area contributed by atoms with E-state index in [1.54, 1.807) is 5.57 Å². The van der Waals surface area contributed by atoms with E-state index < -0.39 is 0 Å². The van der Waals surface area contributed by atoms with Gasteiger partial charge in [0.2, 0.25) is 0 Å². The van der Waals surface area contributed by atoms with Crippen molar-refractivity contribution >= 4 is 0 Å². The molecule has 0 amide bonds. The normalized spacial score (nSPS) is 31.6. The molecule has 1 saturated carbocycles. The molecule has 0 nitrogen and oxygen atoms in total. The van der Waals surface area contributed by atoms with Crippen molar-refractivity contribution in [2.75, 3.05) is 0 Å². The van der Waals surface area contributed by atoms with Gasteiger partial charge in [-0.05, 0) is 93.5 Å². The van der Waals surface area contributed by atoms with E-state index in [1.807, 2.05) is 0 Å². The SMILES string of the molecule is CCC(CCC=CC1=CCCC(C)=C1)[C@H]1CC(CC2=CCC(C)C=C2)CC1C. The first-order valence-electron chi connectivity index (χ1n) is 12.0. The first kappa shape index (κ1) is 21.4. The van der Waals surface area contributed by atoms with Crippen molar-refractivity contribution in [2.45, 2.75) is 85.5 Å². The van der Waals surface area contributed by atoms with Gasteiger partial charge in [0, 0.05) is 0 Å². The summed E-state index contributed by atoms with van der Waals surface area (Å²) in [6.45, 7) is 9.51. The van der Waals surface area contributed by atoms with Gasteiger partial charge in [-0.1, -0.05) is 80.9 Å². The quantitative estimate of drug-likeness (QED) is 0.396. The average molecular weight is 379 g/mol. The minimum absolute atomic E-state index is 0.736. The molecule has 0 radical (unpaired) electrons. The molecule has 0 N–H and O–H groups in total. The summed E-state index contributed by atoms with van der Waals surface area (Å²) in [5.74, 6) is 4.39. The molecule has 28 heavy (non-hydrogen) atoms. The fourth-order valence-corrected chi connectivity index (χ4v) is 5.74. The van der Waals surface area contributed by atoms with Gasteiger partial charge in [0.1, 0.15) is 0 Å². The molecule has 3 aliphatic rings. The summed E-state index contributed by atoms with van der Waals surface area (Å²) in [6.07, 6.45) is 28.7. The van der Waals surface area contributed by atoms with E-state index in [9.17, 15) is 0 Å². The van der Waals surface area contributed by atoms with Crippen LogP contribution in [0.3, 0.4) is 0 Å². The first-order valence-corrected chi connectivity index (χ1v) is 12.0. The van der Waals surface area contributed by atoms with Crippen LogP contribution in [-0.2, 0) is 0 Å². The molecule has 0 aliphatic heterocycles. The largest absolute Gasteiger partial charge is 0.0839 e. The van der Waals surface area contributed by atoms with Gasteiger partial charge in [0.05, 0.1) is 0 Å². The maximum atomic E-state index is 2.52. The third kappa shape index (κ3) is 6.10. The Hall–Kier alpha value is -1.30. The van der Waals surface area contributed by atoms with Gasteiger partial charge >= 0.3 is 0 Å². The first-order chi connectivity index (χ1) is 13.5. The van der Waals surface area contributed by atoms with E-state index >= 15 is 0 Å². The van der Waals surface area contributed by atoms with Crippen molar-refractivity contribution in [1.82, 2.24) is 0 Å². The molecule has 0 heterocycles. The Labute approximate surface area is 174 Å². The summed E-state index contributed by atoms with van der Waals surface area (Å²) in [7, 11) is 0. The lowest BCUT2D eigenvalue weighted by Gasteiger charge is -2.25. The topological polar surface area (TPSA) is 0 Å². The summed E-state index contributed by atoms with van der Waals surface area (Å²) >= 11 is 0. The summed E-state index contributed by atoms with van der Waals surface area (Å²) < 4.78 is 0. The van der Waals surface area contributed by atoms with E-state index in [2.05, 4.69) is 70.2 Å². The summed E-state index contributed by atoms with van der Waals surface area (Å²) in [4.78, 5) is 0. The highest BCUT2D eigenvalue weighted by atomic mass is 14.4. The second-order valence-electron chi connectivity index (χ2n) is 9.92. The van der Waals surface area contributed by atoms with Crippen molar-refractivity contribution in [3.05, 3.63) is 59.3 Å². The van der Waals surface area contributed by atoms with Crippen LogP contribution in [0.1, 0.15) is 85.5 Å². The lowest BCUT2D eigenvalue weighted by atomic mass is 9.80. The van der Waals surface area contributed by atoms with Gasteiger partial charge in [-0.25, -0.2) is 0 Å². The summed E-state index contributed by atoms with van der Waals surface area (Å²) in [5.41, 5.74) is 4.56. The van der Waals surface area contributed by atoms with E-state index in [1.165, 1.54) is 68.9 Å². The third-order valence-corrected chi connectivity index (χ3v) is 7.43. The molecular formula is C28H42. The number of hydrogen-bond donors (Lipinski definition) is 0. The Morgan fingerprint density at radius 1 is 1.18 bits per heavy atom. The molecule has 154 valence electrons. The van der Waals surface area contributed by atoms with Gasteiger partial charge in [0.15, 0.2) is 0 Å². The van der Waals surface area contributed by atoms with Crippen LogP contribution in [0.5, 0.6) is 0 Å². The molecule has 0 bridgehead atoms. The fraction of sp³-hybridized carbons (Fsp3) is 0.643. The Kier molecular flexibility index (Phi) is 8.00. The van der Waals surface area contributed by atoms with Gasteiger partial charge in [0.25, 0.3) is 0 Å². The molecule has 0 spiro atoms. The van der Waals surface area contributed by atoms with Crippen LogP contribution in [0.2, 0.25) is 0 Å². The molecule has 0 aromatic heterocycles. The summed E-state index contributed by atoms with van der Waals surface area (Å²) in [6, 6.07) is 0. The average Bonchev–Trinajstić information content (AvgIpc) is 3.04. The van der Waals surface area contributed by atoms with Crippen LogP contribution in [0.4, 0.5) is 0 Å². The molecule has 0 aromatic carbocycles. The number of rotatable bonds is 8. The zero-order chi connectivity index (χ0) is 19.9. The van der Waals surface area contributed by atoms with Crippen molar-refractivity contribution in [3.63, 3.8) is 0 Å². The Balaban J connectivity index is 1.47. The molecule has 0 heteroatoms. The summed E-state index contributed by atoms with van der Waals surface area (Å²) in [5, 5.41) is 0. The van der Waals surface area contributed by atoms with Crippen LogP contribution >= 0.6 is 0 Å². The smallest absolute Gasteiger partial charge is 0.0224 e. The van der Waals surface area contributed by atoms with Crippen molar-refractivity contribution < 1.29 is 0 Å². The Bertz CT molecular complexity index is 654. The molecule has 0 aromatic rings. The Morgan fingerprint density at radius 3 is 2.75 bits per heavy atom. The minimum atomic E-state index is 0.736. The van der Waals surface area contributed by atoms with Gasteiger partial charge < -0.3 is 0 Å². The molecule has 0 saturated heterocycles. The van der Waals surface area contributed by atoms with Crippen LogP contribution in [0.25, 0.3) is 0 Å². The standard InChI is InChI=1S/C28H42/c1-5-27(12-7-6-10-24-11-8-9-22(3)17-24)28-20-26(18-23(28)4)19-25-15-13-21(2)14-16-25/h6,10-11,13,15-17,21,23,26-28H,5,7-9,12,14,18-20H2,1-4H3/t21?,23?,26?,27?,28-/m0/s1. The fourth-order valence-electron chi connectivity index (χ4n) is 5.74. The van der Waals surface area contributed by atoms with Crippen LogP contribution < -0.4 is 0 Å². The van der Waals surface area contributed by atoms with E-state index in [0.29, 0.717) is 0 Å². The molecular weight excluding hydrogens is 336 g/mol.